The summed E-state index contributed by atoms with van der Waals surface area (Å²) in [5.74, 6) is -4.98. The first-order valence-electron chi connectivity index (χ1n) is 9.98. The van der Waals surface area contributed by atoms with Crippen LogP contribution in [0.5, 0.6) is 0 Å². The molecule has 0 heterocycles. The van der Waals surface area contributed by atoms with E-state index in [0.29, 0.717) is 5.75 Å². The number of hydrogen-bond acceptors (Lipinski definition) is 9. The number of aliphatic carboxylic acids is 1. The van der Waals surface area contributed by atoms with Gasteiger partial charge in [0.05, 0.1) is 6.61 Å². The number of carboxylic acid groups (broad SMARTS) is 1. The highest BCUT2D eigenvalue weighted by molar-refractivity contribution is 7.98. The van der Waals surface area contributed by atoms with E-state index in [1.54, 1.807) is 6.26 Å². The molecule has 0 aliphatic heterocycles. The van der Waals surface area contributed by atoms with E-state index in [1.165, 1.54) is 11.8 Å². The fourth-order valence-corrected chi connectivity index (χ4v) is 2.98. The van der Waals surface area contributed by atoms with Gasteiger partial charge < -0.3 is 43.4 Å². The van der Waals surface area contributed by atoms with E-state index >= 15 is 0 Å². The van der Waals surface area contributed by atoms with Crippen LogP contribution in [-0.4, -0.2) is 88.5 Å². The van der Waals surface area contributed by atoms with Crippen molar-refractivity contribution < 1.29 is 39.0 Å². The zero-order valence-electron chi connectivity index (χ0n) is 18.2. The van der Waals surface area contributed by atoms with Crippen LogP contribution in [0, 0.1) is 0 Å². The zero-order valence-corrected chi connectivity index (χ0v) is 19.1. The molecule has 15 heteroatoms. The molecule has 0 aliphatic carbocycles. The third kappa shape index (κ3) is 12.6. The predicted octanol–water partition coefficient (Wildman–Crippen LogP) is -3.87. The summed E-state index contributed by atoms with van der Waals surface area (Å²) in [5.41, 5.74) is 15.6. The zero-order chi connectivity index (χ0) is 25.6. The van der Waals surface area contributed by atoms with E-state index in [4.69, 9.17) is 22.3 Å². The van der Waals surface area contributed by atoms with E-state index in [9.17, 15) is 33.9 Å². The number of primary amides is 2. The van der Waals surface area contributed by atoms with Crippen molar-refractivity contribution in [1.82, 2.24) is 16.0 Å². The second-order valence-corrected chi connectivity index (χ2v) is 8.09. The first kappa shape index (κ1) is 30.1. The Balaban J connectivity index is 5.49. The molecule has 0 aromatic rings. The van der Waals surface area contributed by atoms with Crippen LogP contribution in [0.2, 0.25) is 0 Å². The second kappa shape index (κ2) is 15.8. The Morgan fingerprint density at radius 2 is 1.21 bits per heavy atom. The number of carbonyl (C=O) groups excluding carboxylic acids is 5. The summed E-state index contributed by atoms with van der Waals surface area (Å²) in [7, 11) is 0. The number of aliphatic hydroxyl groups is 1. The molecule has 11 N–H and O–H groups in total. The van der Waals surface area contributed by atoms with Crippen molar-refractivity contribution in [2.24, 2.45) is 17.2 Å². The van der Waals surface area contributed by atoms with Crippen LogP contribution >= 0.6 is 11.8 Å². The molecule has 0 radical (unpaired) electrons. The van der Waals surface area contributed by atoms with Crippen molar-refractivity contribution in [2.75, 3.05) is 18.6 Å². The largest absolute Gasteiger partial charge is 0.480 e. The van der Waals surface area contributed by atoms with Crippen LogP contribution in [-0.2, 0) is 28.8 Å². The molecule has 0 aliphatic rings. The number of rotatable bonds is 17. The number of thioether (sulfide) groups is 1. The SMILES string of the molecule is CSCCC(NC(=O)C(N)CO)C(=O)NC(CCC(N)=O)C(=O)NC(CCC(N)=O)C(=O)O. The van der Waals surface area contributed by atoms with Crippen LogP contribution < -0.4 is 33.2 Å². The molecule has 5 amide bonds. The highest BCUT2D eigenvalue weighted by atomic mass is 32.2. The maximum absolute atomic E-state index is 12.8. The molecular formula is C18H32N6O8S. The Bertz CT molecular complexity index is 722. The fourth-order valence-electron chi connectivity index (χ4n) is 2.51. The van der Waals surface area contributed by atoms with Gasteiger partial charge in [-0.3, -0.25) is 24.0 Å². The molecule has 188 valence electrons. The summed E-state index contributed by atoms with van der Waals surface area (Å²) in [6.45, 7) is -0.645. The number of amides is 5. The molecule has 0 spiro atoms. The number of aliphatic hydroxyl groups excluding tert-OH is 1. The fraction of sp³-hybridized carbons (Fsp3) is 0.667. The van der Waals surface area contributed by atoms with E-state index < -0.39 is 66.3 Å². The van der Waals surface area contributed by atoms with Gasteiger partial charge in [-0.2, -0.15) is 11.8 Å². The summed E-state index contributed by atoms with van der Waals surface area (Å²) < 4.78 is 0. The Labute approximate surface area is 194 Å². The normalized spacial score (nSPS) is 14.3. The molecule has 0 fully saturated rings. The summed E-state index contributed by atoms with van der Waals surface area (Å²) >= 11 is 1.39. The van der Waals surface area contributed by atoms with Gasteiger partial charge in [-0.15, -0.1) is 0 Å². The van der Waals surface area contributed by atoms with E-state index in [2.05, 4.69) is 16.0 Å². The number of hydrogen-bond donors (Lipinski definition) is 8. The number of nitrogens with two attached hydrogens (primary N) is 3. The third-order valence-electron chi connectivity index (χ3n) is 4.38. The second-order valence-electron chi connectivity index (χ2n) is 7.10. The minimum absolute atomic E-state index is 0.164. The van der Waals surface area contributed by atoms with E-state index in [1.807, 2.05) is 0 Å². The quantitative estimate of drug-likeness (QED) is 0.0979. The maximum atomic E-state index is 12.8. The summed E-state index contributed by atoms with van der Waals surface area (Å²) in [4.78, 5) is 71.0. The lowest BCUT2D eigenvalue weighted by atomic mass is 10.1. The highest BCUT2D eigenvalue weighted by Gasteiger charge is 2.30. The maximum Gasteiger partial charge on any atom is 0.326 e. The number of nitrogens with one attached hydrogen (secondary N) is 3. The summed E-state index contributed by atoms with van der Waals surface area (Å²) in [6.07, 6.45) is 0.819. The molecule has 0 rings (SSSR count). The minimum atomic E-state index is -1.47. The molecule has 0 saturated heterocycles. The van der Waals surface area contributed by atoms with Crippen molar-refractivity contribution in [1.29, 1.82) is 0 Å². The average molecular weight is 493 g/mol. The van der Waals surface area contributed by atoms with Gasteiger partial charge in [-0.25, -0.2) is 4.79 Å². The van der Waals surface area contributed by atoms with Gasteiger partial charge >= 0.3 is 5.97 Å². The summed E-state index contributed by atoms with van der Waals surface area (Å²) in [6, 6.07) is -5.20. The van der Waals surface area contributed by atoms with Crippen molar-refractivity contribution in [3.8, 4) is 0 Å². The van der Waals surface area contributed by atoms with Crippen molar-refractivity contribution in [3.05, 3.63) is 0 Å². The standard InChI is InChI=1S/C18H32N6O8S/c1-33-7-6-11(22-15(28)9(19)8-25)17(30)23-10(2-4-13(20)26)16(29)24-12(18(31)32)3-5-14(21)27/h9-12,25H,2-8,19H2,1H3,(H2,20,26)(H2,21,27)(H,22,28)(H,23,30)(H,24,29)(H,31,32). The van der Waals surface area contributed by atoms with Gasteiger partial charge in [0.1, 0.15) is 24.2 Å². The third-order valence-corrected chi connectivity index (χ3v) is 5.03. The molecule has 4 unspecified atom stereocenters. The molecule has 0 saturated carbocycles. The first-order chi connectivity index (χ1) is 15.4. The van der Waals surface area contributed by atoms with Crippen LogP contribution in [0.25, 0.3) is 0 Å². The molecule has 33 heavy (non-hydrogen) atoms. The first-order valence-corrected chi connectivity index (χ1v) is 11.4. The number of carboxylic acids is 1. The van der Waals surface area contributed by atoms with Crippen LogP contribution in [0.15, 0.2) is 0 Å². The Morgan fingerprint density at radius 3 is 1.64 bits per heavy atom. The van der Waals surface area contributed by atoms with Crippen LogP contribution in [0.3, 0.4) is 0 Å². The minimum Gasteiger partial charge on any atom is -0.480 e. The van der Waals surface area contributed by atoms with Crippen LogP contribution in [0.4, 0.5) is 0 Å². The van der Waals surface area contributed by atoms with Gasteiger partial charge in [0, 0.05) is 12.8 Å². The molecule has 4 atom stereocenters. The Morgan fingerprint density at radius 1 is 0.788 bits per heavy atom. The Hall–Kier alpha value is -2.91. The Kier molecular flexibility index (Phi) is 14.4. The molecule has 0 bridgehead atoms. The molecule has 0 aromatic heterocycles. The predicted molar refractivity (Wildman–Crippen MR) is 118 cm³/mol. The lowest BCUT2D eigenvalue weighted by molar-refractivity contribution is -0.142. The van der Waals surface area contributed by atoms with E-state index in [0.717, 1.165) is 0 Å². The van der Waals surface area contributed by atoms with Crippen molar-refractivity contribution >= 4 is 47.3 Å². The van der Waals surface area contributed by atoms with Gasteiger partial charge in [-0.1, -0.05) is 0 Å². The lowest BCUT2D eigenvalue weighted by Gasteiger charge is -2.25. The topological polar surface area (TPSA) is 257 Å². The van der Waals surface area contributed by atoms with Crippen molar-refractivity contribution in [3.63, 3.8) is 0 Å². The smallest absolute Gasteiger partial charge is 0.326 e. The molecule has 0 aromatic carbocycles. The monoisotopic (exact) mass is 492 g/mol. The van der Waals surface area contributed by atoms with Gasteiger partial charge in [0.2, 0.25) is 29.5 Å². The van der Waals surface area contributed by atoms with Gasteiger partial charge in [0.25, 0.3) is 0 Å². The van der Waals surface area contributed by atoms with Gasteiger partial charge in [-0.05, 0) is 31.3 Å². The van der Waals surface area contributed by atoms with E-state index in [-0.39, 0.29) is 32.1 Å². The number of carbonyl (C=O) groups is 6. The molecular weight excluding hydrogens is 460 g/mol. The van der Waals surface area contributed by atoms with Gasteiger partial charge in [0.15, 0.2) is 0 Å². The summed E-state index contributed by atoms with van der Waals surface area (Å²) in [5, 5.41) is 25.2. The average Bonchev–Trinajstić information content (AvgIpc) is 2.74. The molecule has 14 nitrogen and oxygen atoms in total. The highest BCUT2D eigenvalue weighted by Crippen LogP contribution is 2.06. The van der Waals surface area contributed by atoms with Crippen molar-refractivity contribution in [2.45, 2.75) is 56.3 Å². The van der Waals surface area contributed by atoms with Crippen LogP contribution in [0.1, 0.15) is 32.1 Å². The lowest BCUT2D eigenvalue weighted by Crippen LogP contribution is -2.57.